The second-order valence-corrected chi connectivity index (χ2v) is 9.04. The van der Waals surface area contributed by atoms with E-state index in [-0.39, 0.29) is 5.91 Å². The third-order valence-corrected chi connectivity index (χ3v) is 7.11. The van der Waals surface area contributed by atoms with E-state index in [0.29, 0.717) is 6.42 Å². The Kier molecular flexibility index (Phi) is 8.21. The molecule has 2 aliphatic heterocycles. The van der Waals surface area contributed by atoms with Gasteiger partial charge in [-0.1, -0.05) is 12.1 Å². The van der Waals surface area contributed by atoms with Crippen LogP contribution in [0.1, 0.15) is 33.1 Å². The number of nitrogens with one attached hydrogen (secondary N) is 1. The quantitative estimate of drug-likeness (QED) is 0.674. The zero-order valence-electron chi connectivity index (χ0n) is 17.7. The van der Waals surface area contributed by atoms with Gasteiger partial charge in [-0.15, -0.1) is 11.8 Å². The van der Waals surface area contributed by atoms with E-state index in [1.807, 2.05) is 30.5 Å². The van der Waals surface area contributed by atoms with Crippen molar-refractivity contribution in [1.82, 2.24) is 14.7 Å². The van der Waals surface area contributed by atoms with Crippen molar-refractivity contribution in [1.29, 1.82) is 0 Å². The van der Waals surface area contributed by atoms with Gasteiger partial charge in [0, 0.05) is 69.2 Å². The fraction of sp³-hybridized carbons (Fsp3) is 0.682. The van der Waals surface area contributed by atoms with Gasteiger partial charge in [-0.05, 0) is 45.1 Å². The summed E-state index contributed by atoms with van der Waals surface area (Å²) in [6.07, 6.45) is 5.29. The average molecular weight is 405 g/mol. The Labute approximate surface area is 174 Å². The molecule has 28 heavy (non-hydrogen) atoms. The van der Waals surface area contributed by atoms with E-state index in [2.05, 4.69) is 33.9 Å². The molecule has 1 aromatic carbocycles. The van der Waals surface area contributed by atoms with Crippen LogP contribution < -0.4 is 5.32 Å². The molecule has 1 amide bonds. The van der Waals surface area contributed by atoms with Gasteiger partial charge in [0.2, 0.25) is 5.91 Å². The third kappa shape index (κ3) is 5.96. The Morgan fingerprint density at radius 2 is 1.61 bits per heavy atom. The molecule has 0 radical (unpaired) electrons. The average Bonchev–Trinajstić information content (AvgIpc) is 3.03. The lowest BCUT2D eigenvalue weighted by Gasteiger charge is -2.36. The summed E-state index contributed by atoms with van der Waals surface area (Å²) in [6, 6.07) is 9.48. The monoisotopic (exact) mass is 404 g/mol. The normalized spacial score (nSPS) is 24.5. The van der Waals surface area contributed by atoms with Crippen molar-refractivity contribution in [3.05, 3.63) is 24.3 Å². The fourth-order valence-corrected chi connectivity index (χ4v) is 4.96. The molecule has 2 atom stereocenters. The summed E-state index contributed by atoms with van der Waals surface area (Å²) in [5.74, 6) is 0.112. The van der Waals surface area contributed by atoms with Crippen molar-refractivity contribution in [2.45, 2.75) is 50.1 Å². The maximum Gasteiger partial charge on any atom is 0.225 e. The number of likely N-dealkylation sites (tertiary alicyclic amines) is 1. The van der Waals surface area contributed by atoms with Gasteiger partial charge in [0.15, 0.2) is 0 Å². The second-order valence-electron chi connectivity index (χ2n) is 8.19. The van der Waals surface area contributed by atoms with E-state index >= 15 is 0 Å². The molecule has 0 aliphatic carbocycles. The molecule has 2 fully saturated rings. The van der Waals surface area contributed by atoms with Crippen LogP contribution in [0.2, 0.25) is 0 Å². The van der Waals surface area contributed by atoms with Crippen LogP contribution >= 0.6 is 11.8 Å². The molecule has 0 saturated carbocycles. The van der Waals surface area contributed by atoms with E-state index in [0.717, 1.165) is 55.4 Å². The Hall–Kier alpha value is -1.08. The lowest BCUT2D eigenvalue weighted by Crippen LogP contribution is -2.49. The number of thioether (sulfide) groups is 1. The van der Waals surface area contributed by atoms with E-state index in [4.69, 9.17) is 0 Å². The zero-order valence-corrected chi connectivity index (χ0v) is 18.5. The Morgan fingerprint density at radius 1 is 1.00 bits per heavy atom. The first-order valence-corrected chi connectivity index (χ1v) is 11.9. The topological polar surface area (TPSA) is 38.8 Å². The Bertz CT molecular complexity index is 623. The number of anilines is 1. The fourth-order valence-electron chi connectivity index (χ4n) is 4.40. The highest BCUT2D eigenvalue weighted by atomic mass is 32.2. The van der Waals surface area contributed by atoms with E-state index in [9.17, 15) is 4.79 Å². The Balaban J connectivity index is 1.33. The third-order valence-electron chi connectivity index (χ3n) is 6.31. The lowest BCUT2D eigenvalue weighted by molar-refractivity contribution is -0.116. The number of piperazine rings is 1. The van der Waals surface area contributed by atoms with Crippen LogP contribution in [-0.4, -0.2) is 84.8 Å². The highest BCUT2D eigenvalue weighted by molar-refractivity contribution is 7.98. The maximum atomic E-state index is 12.3. The maximum absolute atomic E-state index is 12.3. The molecule has 0 aromatic heterocycles. The molecule has 5 nitrogen and oxygen atoms in total. The largest absolute Gasteiger partial charge is 0.325 e. The summed E-state index contributed by atoms with van der Waals surface area (Å²) in [6.45, 7) is 12.3. The molecule has 0 bridgehead atoms. The van der Waals surface area contributed by atoms with E-state index < -0.39 is 0 Å². The standard InChI is InChI=1S/C22H36N4OS/c1-18-8-9-19(2)26(18)17-16-25-14-12-24(13-15-25)11-10-22(27)23-20-6-4-5-7-21(20)28-3/h4-7,18-19H,8-17H2,1-3H3,(H,23,27). The van der Waals surface area contributed by atoms with Crippen LogP contribution in [0.5, 0.6) is 0 Å². The molecular weight excluding hydrogens is 368 g/mol. The van der Waals surface area contributed by atoms with Gasteiger partial charge in [-0.25, -0.2) is 0 Å². The van der Waals surface area contributed by atoms with Crippen LogP contribution in [0, 0.1) is 0 Å². The van der Waals surface area contributed by atoms with Gasteiger partial charge in [-0.3, -0.25) is 14.6 Å². The number of hydrogen-bond acceptors (Lipinski definition) is 5. The predicted octanol–water partition coefficient (Wildman–Crippen LogP) is 3.23. The number of amides is 1. The van der Waals surface area contributed by atoms with E-state index in [1.165, 1.54) is 25.9 Å². The van der Waals surface area contributed by atoms with Gasteiger partial charge < -0.3 is 10.2 Å². The van der Waals surface area contributed by atoms with Gasteiger partial charge in [0.25, 0.3) is 0 Å². The molecule has 2 saturated heterocycles. The van der Waals surface area contributed by atoms with E-state index in [1.54, 1.807) is 11.8 Å². The van der Waals surface area contributed by atoms with Crippen molar-refractivity contribution in [3.8, 4) is 0 Å². The minimum Gasteiger partial charge on any atom is -0.325 e. The van der Waals surface area contributed by atoms with Crippen molar-refractivity contribution in [2.24, 2.45) is 0 Å². The molecule has 1 aromatic rings. The first-order chi connectivity index (χ1) is 13.6. The molecule has 2 aliphatic rings. The number of hydrogen-bond donors (Lipinski definition) is 1. The summed E-state index contributed by atoms with van der Waals surface area (Å²) in [5.41, 5.74) is 0.926. The summed E-state index contributed by atoms with van der Waals surface area (Å²) < 4.78 is 0. The zero-order chi connectivity index (χ0) is 19.9. The Morgan fingerprint density at radius 3 is 2.25 bits per heavy atom. The van der Waals surface area contributed by atoms with Crippen LogP contribution in [0.3, 0.4) is 0 Å². The minimum atomic E-state index is 0.112. The molecule has 6 heteroatoms. The first kappa shape index (κ1) is 21.6. The number of carbonyl (C=O) groups excluding carboxylic acids is 1. The van der Waals surface area contributed by atoms with Gasteiger partial charge in [0.1, 0.15) is 0 Å². The first-order valence-electron chi connectivity index (χ1n) is 10.7. The van der Waals surface area contributed by atoms with Crippen molar-refractivity contribution in [3.63, 3.8) is 0 Å². The molecule has 1 N–H and O–H groups in total. The lowest BCUT2D eigenvalue weighted by atomic mass is 10.2. The van der Waals surface area contributed by atoms with Crippen LogP contribution in [-0.2, 0) is 4.79 Å². The van der Waals surface area contributed by atoms with Crippen LogP contribution in [0.25, 0.3) is 0 Å². The summed E-state index contributed by atoms with van der Waals surface area (Å²) in [4.78, 5) is 21.1. The highest BCUT2D eigenvalue weighted by Gasteiger charge is 2.27. The highest BCUT2D eigenvalue weighted by Crippen LogP contribution is 2.25. The van der Waals surface area contributed by atoms with Gasteiger partial charge in [0.05, 0.1) is 5.69 Å². The molecule has 156 valence electrons. The number of benzene rings is 1. The van der Waals surface area contributed by atoms with Gasteiger partial charge in [-0.2, -0.15) is 0 Å². The number of rotatable bonds is 8. The summed E-state index contributed by atoms with van der Waals surface area (Å²) >= 11 is 1.66. The number of para-hydroxylation sites is 1. The van der Waals surface area contributed by atoms with Crippen molar-refractivity contribution >= 4 is 23.4 Å². The molecule has 2 heterocycles. The van der Waals surface area contributed by atoms with Crippen LogP contribution in [0.15, 0.2) is 29.2 Å². The molecular formula is C22H36N4OS. The minimum absolute atomic E-state index is 0.112. The number of nitrogens with zero attached hydrogens (tertiary/aromatic N) is 3. The summed E-state index contributed by atoms with van der Waals surface area (Å²) in [5, 5.41) is 3.07. The summed E-state index contributed by atoms with van der Waals surface area (Å²) in [7, 11) is 0. The molecule has 0 spiro atoms. The SMILES string of the molecule is CSc1ccccc1NC(=O)CCN1CCN(CCN2C(C)CCC2C)CC1. The molecule has 2 unspecified atom stereocenters. The number of carbonyl (C=O) groups is 1. The van der Waals surface area contributed by atoms with Crippen molar-refractivity contribution in [2.75, 3.05) is 57.4 Å². The van der Waals surface area contributed by atoms with Gasteiger partial charge >= 0.3 is 0 Å². The second kappa shape index (κ2) is 10.6. The molecule has 3 rings (SSSR count). The van der Waals surface area contributed by atoms with Crippen molar-refractivity contribution < 1.29 is 4.79 Å². The smallest absolute Gasteiger partial charge is 0.225 e. The van der Waals surface area contributed by atoms with Crippen LogP contribution in [0.4, 0.5) is 5.69 Å². The predicted molar refractivity (Wildman–Crippen MR) is 119 cm³/mol.